The summed E-state index contributed by atoms with van der Waals surface area (Å²) in [4.78, 5) is 11.9. The Kier molecular flexibility index (Phi) is 3.80. The molecular formula is C12H17N5OS. The average molecular weight is 279 g/mol. The van der Waals surface area contributed by atoms with Crippen LogP contribution in [0.3, 0.4) is 0 Å². The largest absolute Gasteiger partial charge is 0.337 e. The van der Waals surface area contributed by atoms with Crippen LogP contribution in [0.2, 0.25) is 0 Å². The third-order valence-electron chi connectivity index (χ3n) is 3.41. The molecule has 7 heteroatoms. The summed E-state index contributed by atoms with van der Waals surface area (Å²) in [7, 11) is 1.86. The molecule has 1 aliphatic carbocycles. The number of carbonyl (C=O) groups excluding carboxylic acids is 1. The Bertz CT molecular complexity index is 531. The molecule has 1 aromatic rings. The van der Waals surface area contributed by atoms with Gasteiger partial charge >= 0.3 is 0 Å². The standard InChI is InChI=1S/C12H17N5OS/c1-8-15-16-11(17(8)3)19-6-10(18)14-12(2,7-13)9-4-5-9/h9H,4-6H2,1-3H3,(H,14,18)/t12-/m1/s1. The summed E-state index contributed by atoms with van der Waals surface area (Å²) in [6.45, 7) is 3.65. The van der Waals surface area contributed by atoms with E-state index in [0.29, 0.717) is 11.1 Å². The van der Waals surface area contributed by atoms with E-state index in [1.165, 1.54) is 11.8 Å². The Labute approximate surface area is 116 Å². The highest BCUT2D eigenvalue weighted by molar-refractivity contribution is 7.99. The summed E-state index contributed by atoms with van der Waals surface area (Å²) in [5, 5.41) is 20.6. The lowest BCUT2D eigenvalue weighted by Crippen LogP contribution is -2.47. The highest BCUT2D eigenvalue weighted by Crippen LogP contribution is 2.39. The van der Waals surface area contributed by atoms with Gasteiger partial charge in [-0.05, 0) is 32.6 Å². The number of thioether (sulfide) groups is 1. The van der Waals surface area contributed by atoms with Gasteiger partial charge in [0.05, 0.1) is 11.8 Å². The number of aromatic nitrogens is 3. The number of amides is 1. The highest BCUT2D eigenvalue weighted by atomic mass is 32.2. The predicted octanol–water partition coefficient (Wildman–Crippen LogP) is 1.02. The molecule has 1 aliphatic rings. The zero-order valence-electron chi connectivity index (χ0n) is 11.3. The van der Waals surface area contributed by atoms with Gasteiger partial charge in [0.1, 0.15) is 11.4 Å². The van der Waals surface area contributed by atoms with Crippen LogP contribution in [0.15, 0.2) is 5.16 Å². The second-order valence-corrected chi connectivity index (χ2v) is 5.96. The molecule has 0 aliphatic heterocycles. The minimum atomic E-state index is -0.729. The van der Waals surface area contributed by atoms with Gasteiger partial charge in [0.15, 0.2) is 5.16 Å². The van der Waals surface area contributed by atoms with Crippen molar-refractivity contribution in [3.05, 3.63) is 5.82 Å². The number of hydrogen-bond acceptors (Lipinski definition) is 5. The van der Waals surface area contributed by atoms with E-state index in [-0.39, 0.29) is 11.7 Å². The van der Waals surface area contributed by atoms with Crippen molar-refractivity contribution in [1.82, 2.24) is 20.1 Å². The molecule has 1 heterocycles. The van der Waals surface area contributed by atoms with Gasteiger partial charge in [-0.3, -0.25) is 4.79 Å². The molecule has 0 unspecified atom stereocenters. The second-order valence-electron chi connectivity index (χ2n) is 5.01. The molecule has 0 saturated heterocycles. The number of nitrogens with zero attached hydrogens (tertiary/aromatic N) is 4. The van der Waals surface area contributed by atoms with Gasteiger partial charge in [0.2, 0.25) is 5.91 Å². The molecule has 1 N–H and O–H groups in total. The lowest BCUT2D eigenvalue weighted by atomic mass is 9.98. The van der Waals surface area contributed by atoms with Gasteiger partial charge in [-0.1, -0.05) is 11.8 Å². The van der Waals surface area contributed by atoms with Crippen LogP contribution in [0.4, 0.5) is 0 Å². The van der Waals surface area contributed by atoms with E-state index >= 15 is 0 Å². The average Bonchev–Trinajstić information content (AvgIpc) is 3.18. The number of nitrogens with one attached hydrogen (secondary N) is 1. The molecule has 0 radical (unpaired) electrons. The molecule has 2 rings (SSSR count). The van der Waals surface area contributed by atoms with Gasteiger partial charge in [0.25, 0.3) is 0 Å². The van der Waals surface area contributed by atoms with Crippen LogP contribution in [0.5, 0.6) is 0 Å². The Morgan fingerprint density at radius 1 is 1.63 bits per heavy atom. The first-order valence-corrected chi connectivity index (χ1v) is 7.16. The predicted molar refractivity (Wildman–Crippen MR) is 71.3 cm³/mol. The monoisotopic (exact) mass is 279 g/mol. The maximum absolute atomic E-state index is 11.9. The molecule has 0 aromatic carbocycles. The molecule has 102 valence electrons. The molecule has 19 heavy (non-hydrogen) atoms. The van der Waals surface area contributed by atoms with Gasteiger partial charge in [0, 0.05) is 7.05 Å². The van der Waals surface area contributed by atoms with Crippen LogP contribution >= 0.6 is 11.8 Å². The molecular weight excluding hydrogens is 262 g/mol. The molecule has 1 aromatic heterocycles. The van der Waals surface area contributed by atoms with E-state index in [0.717, 1.165) is 18.7 Å². The molecule has 6 nitrogen and oxygen atoms in total. The SMILES string of the molecule is Cc1nnc(SCC(=O)N[C@](C)(C#N)C2CC2)n1C. The fraction of sp³-hybridized carbons (Fsp3) is 0.667. The first-order chi connectivity index (χ1) is 8.96. The molecule has 1 amide bonds. The van der Waals surface area contributed by atoms with Crippen molar-refractivity contribution < 1.29 is 4.79 Å². The Hall–Kier alpha value is -1.55. The summed E-state index contributed by atoms with van der Waals surface area (Å²) in [6.07, 6.45) is 2.03. The molecule has 1 saturated carbocycles. The molecule has 0 bridgehead atoms. The maximum atomic E-state index is 11.9. The van der Waals surface area contributed by atoms with Crippen molar-refractivity contribution >= 4 is 17.7 Å². The first-order valence-electron chi connectivity index (χ1n) is 6.17. The number of carbonyl (C=O) groups is 1. The van der Waals surface area contributed by atoms with Crippen molar-refractivity contribution in [1.29, 1.82) is 5.26 Å². The van der Waals surface area contributed by atoms with Crippen LogP contribution < -0.4 is 5.32 Å². The summed E-state index contributed by atoms with van der Waals surface area (Å²) in [6, 6.07) is 2.21. The van der Waals surface area contributed by atoms with Crippen LogP contribution in [0.1, 0.15) is 25.6 Å². The van der Waals surface area contributed by atoms with Crippen molar-refractivity contribution in [3.63, 3.8) is 0 Å². The maximum Gasteiger partial charge on any atom is 0.231 e. The van der Waals surface area contributed by atoms with Crippen molar-refractivity contribution in [2.45, 2.75) is 37.4 Å². The van der Waals surface area contributed by atoms with Gasteiger partial charge in [-0.15, -0.1) is 10.2 Å². The molecule has 0 spiro atoms. The molecule has 1 atom stereocenters. The van der Waals surface area contributed by atoms with Crippen LogP contribution in [-0.2, 0) is 11.8 Å². The highest BCUT2D eigenvalue weighted by Gasteiger charge is 2.42. The summed E-state index contributed by atoms with van der Waals surface area (Å²) in [5.41, 5.74) is -0.729. The number of nitriles is 1. The Morgan fingerprint density at radius 3 is 2.79 bits per heavy atom. The van der Waals surface area contributed by atoms with Gasteiger partial charge in [-0.2, -0.15) is 5.26 Å². The number of aryl methyl sites for hydroxylation is 1. The topological polar surface area (TPSA) is 83.6 Å². The number of rotatable bonds is 5. The fourth-order valence-electron chi connectivity index (χ4n) is 1.85. The van der Waals surface area contributed by atoms with E-state index in [1.807, 2.05) is 18.5 Å². The zero-order valence-corrected chi connectivity index (χ0v) is 12.1. The summed E-state index contributed by atoms with van der Waals surface area (Å²) < 4.78 is 1.84. The second kappa shape index (κ2) is 5.21. The van der Waals surface area contributed by atoms with E-state index < -0.39 is 5.54 Å². The smallest absolute Gasteiger partial charge is 0.231 e. The van der Waals surface area contributed by atoms with Crippen LogP contribution in [-0.4, -0.2) is 32.0 Å². The van der Waals surface area contributed by atoms with Gasteiger partial charge < -0.3 is 9.88 Å². The minimum absolute atomic E-state index is 0.137. The normalized spacial score (nSPS) is 17.6. The van der Waals surface area contributed by atoms with Crippen LogP contribution in [0.25, 0.3) is 0 Å². The van der Waals surface area contributed by atoms with E-state index in [1.54, 1.807) is 6.92 Å². The van der Waals surface area contributed by atoms with E-state index in [2.05, 4.69) is 21.6 Å². The van der Waals surface area contributed by atoms with Crippen molar-refractivity contribution in [3.8, 4) is 6.07 Å². The molecule has 1 fully saturated rings. The summed E-state index contributed by atoms with van der Waals surface area (Å²) >= 11 is 1.33. The third kappa shape index (κ3) is 3.07. The summed E-state index contributed by atoms with van der Waals surface area (Å²) in [5.74, 6) is 1.21. The quantitative estimate of drug-likeness (QED) is 0.814. The minimum Gasteiger partial charge on any atom is -0.337 e. The van der Waals surface area contributed by atoms with Crippen LogP contribution in [0, 0.1) is 24.2 Å². The third-order valence-corrected chi connectivity index (χ3v) is 4.43. The zero-order chi connectivity index (χ0) is 14.0. The first kappa shape index (κ1) is 13.9. The van der Waals surface area contributed by atoms with Crippen molar-refractivity contribution in [2.75, 3.05) is 5.75 Å². The van der Waals surface area contributed by atoms with E-state index in [4.69, 9.17) is 0 Å². The number of hydrogen-bond donors (Lipinski definition) is 1. The van der Waals surface area contributed by atoms with E-state index in [9.17, 15) is 10.1 Å². The fourth-order valence-corrected chi connectivity index (χ4v) is 2.61. The lowest BCUT2D eigenvalue weighted by Gasteiger charge is -2.22. The Morgan fingerprint density at radius 2 is 2.32 bits per heavy atom. The lowest BCUT2D eigenvalue weighted by molar-refractivity contribution is -0.119. The van der Waals surface area contributed by atoms with Gasteiger partial charge in [-0.25, -0.2) is 0 Å². The Balaban J connectivity index is 1.88. The van der Waals surface area contributed by atoms with Crippen molar-refractivity contribution in [2.24, 2.45) is 13.0 Å².